The zero-order chi connectivity index (χ0) is 19.8. The number of carbonyl (C=O) groups is 3. The normalized spacial score (nSPS) is 10.9. The largest absolute Gasteiger partial charge is 0.492 e. The van der Waals surface area contributed by atoms with Crippen LogP contribution >= 0.6 is 0 Å². The van der Waals surface area contributed by atoms with E-state index < -0.39 is 11.8 Å². The Morgan fingerprint density at radius 1 is 0.963 bits per heavy atom. The fraction of sp³-hybridized carbons (Fsp3) is 0.190. The Morgan fingerprint density at radius 2 is 1.63 bits per heavy atom. The van der Waals surface area contributed by atoms with Crippen molar-refractivity contribution in [1.29, 1.82) is 0 Å². The van der Waals surface area contributed by atoms with Crippen molar-refractivity contribution >= 4 is 29.0 Å². The van der Waals surface area contributed by atoms with Gasteiger partial charge in [0.05, 0.1) is 12.3 Å². The standard InChI is InChI=1S/C21H22N2O4/c1-4-27-19-8-6-5-7-18(19)23-20(25)13-14(2)21(26)22-17-11-9-16(10-12-17)15(3)24/h5-13H,4H2,1-3H3,(H,22,26)(H,23,25)/b14-13-. The van der Waals surface area contributed by atoms with Crippen molar-refractivity contribution in [1.82, 2.24) is 0 Å². The lowest BCUT2D eigenvalue weighted by molar-refractivity contribution is -0.114. The van der Waals surface area contributed by atoms with Crippen molar-refractivity contribution in [2.45, 2.75) is 20.8 Å². The number of benzene rings is 2. The molecule has 140 valence electrons. The maximum atomic E-state index is 12.2. The van der Waals surface area contributed by atoms with Gasteiger partial charge in [0.2, 0.25) is 5.91 Å². The van der Waals surface area contributed by atoms with Gasteiger partial charge in [0, 0.05) is 22.9 Å². The minimum Gasteiger partial charge on any atom is -0.492 e. The van der Waals surface area contributed by atoms with Gasteiger partial charge in [-0.25, -0.2) is 0 Å². The number of carbonyl (C=O) groups excluding carboxylic acids is 3. The minimum absolute atomic E-state index is 0.0482. The first kappa shape index (κ1) is 19.9. The van der Waals surface area contributed by atoms with Crippen molar-refractivity contribution in [3.8, 4) is 5.75 Å². The van der Waals surface area contributed by atoms with Crippen LogP contribution < -0.4 is 15.4 Å². The lowest BCUT2D eigenvalue weighted by atomic mass is 10.1. The third-order valence-corrected chi connectivity index (χ3v) is 3.70. The third kappa shape index (κ3) is 5.81. The molecule has 0 bridgehead atoms. The fourth-order valence-electron chi connectivity index (χ4n) is 2.30. The number of rotatable bonds is 7. The average Bonchev–Trinajstić information content (AvgIpc) is 2.64. The van der Waals surface area contributed by atoms with E-state index in [0.717, 1.165) is 0 Å². The van der Waals surface area contributed by atoms with Crippen molar-refractivity contribution in [3.05, 3.63) is 65.7 Å². The summed E-state index contributed by atoms with van der Waals surface area (Å²) >= 11 is 0. The van der Waals surface area contributed by atoms with Gasteiger partial charge in [-0.05, 0) is 57.2 Å². The zero-order valence-corrected chi connectivity index (χ0v) is 15.5. The van der Waals surface area contributed by atoms with Crippen LogP contribution in [-0.2, 0) is 9.59 Å². The van der Waals surface area contributed by atoms with E-state index in [2.05, 4.69) is 10.6 Å². The van der Waals surface area contributed by atoms with Crippen molar-refractivity contribution in [2.75, 3.05) is 17.2 Å². The summed E-state index contributed by atoms with van der Waals surface area (Å²) < 4.78 is 5.46. The van der Waals surface area contributed by atoms with E-state index in [0.29, 0.717) is 29.3 Å². The molecule has 0 spiro atoms. The minimum atomic E-state index is -0.429. The van der Waals surface area contributed by atoms with Crippen LogP contribution in [0.25, 0.3) is 0 Å². The first-order valence-electron chi connectivity index (χ1n) is 8.54. The van der Waals surface area contributed by atoms with E-state index in [1.807, 2.05) is 13.0 Å². The van der Waals surface area contributed by atoms with Crippen LogP contribution in [0.3, 0.4) is 0 Å². The van der Waals surface area contributed by atoms with Gasteiger partial charge in [-0.3, -0.25) is 14.4 Å². The van der Waals surface area contributed by atoms with Crippen LogP contribution in [0, 0.1) is 0 Å². The Bertz CT molecular complexity index is 870. The monoisotopic (exact) mass is 366 g/mol. The second-order valence-corrected chi connectivity index (χ2v) is 5.83. The molecule has 6 heteroatoms. The first-order chi connectivity index (χ1) is 12.9. The topological polar surface area (TPSA) is 84.5 Å². The number of para-hydroxylation sites is 2. The molecule has 0 radical (unpaired) electrons. The van der Waals surface area contributed by atoms with E-state index in [1.165, 1.54) is 13.0 Å². The predicted molar refractivity (Wildman–Crippen MR) is 105 cm³/mol. The van der Waals surface area contributed by atoms with E-state index in [-0.39, 0.29) is 11.4 Å². The number of hydrogen-bond donors (Lipinski definition) is 2. The van der Waals surface area contributed by atoms with Gasteiger partial charge in [-0.15, -0.1) is 0 Å². The SMILES string of the molecule is CCOc1ccccc1NC(=O)/C=C(/C)C(=O)Nc1ccc(C(C)=O)cc1. The van der Waals surface area contributed by atoms with Crippen molar-refractivity contribution in [3.63, 3.8) is 0 Å². The average molecular weight is 366 g/mol. The quantitative estimate of drug-likeness (QED) is 0.576. The number of anilines is 2. The first-order valence-corrected chi connectivity index (χ1v) is 8.54. The molecule has 2 rings (SSSR count). The second kappa shape index (κ2) is 9.33. The fourth-order valence-corrected chi connectivity index (χ4v) is 2.30. The molecule has 6 nitrogen and oxygen atoms in total. The van der Waals surface area contributed by atoms with Crippen LogP contribution in [0.2, 0.25) is 0 Å². The molecule has 0 fully saturated rings. The van der Waals surface area contributed by atoms with Gasteiger partial charge in [0.15, 0.2) is 5.78 Å². The Balaban J connectivity index is 2.02. The van der Waals surface area contributed by atoms with Gasteiger partial charge in [-0.2, -0.15) is 0 Å². The number of hydrogen-bond acceptors (Lipinski definition) is 4. The number of ketones is 1. The van der Waals surface area contributed by atoms with Crippen LogP contribution in [-0.4, -0.2) is 24.2 Å². The third-order valence-electron chi connectivity index (χ3n) is 3.70. The highest BCUT2D eigenvalue weighted by molar-refractivity contribution is 6.10. The predicted octanol–water partition coefficient (Wildman–Crippen LogP) is 3.81. The maximum absolute atomic E-state index is 12.2. The summed E-state index contributed by atoms with van der Waals surface area (Å²) in [6.07, 6.45) is 1.22. The molecule has 0 saturated carbocycles. The molecular weight excluding hydrogens is 344 g/mol. The molecular formula is C21H22N2O4. The Labute approximate surface area is 158 Å². The number of Topliss-reactive ketones (excluding diaryl/α,β-unsaturated/α-hetero) is 1. The summed E-state index contributed by atoms with van der Waals surface area (Å²) in [6, 6.07) is 13.6. The molecule has 2 N–H and O–H groups in total. The Morgan fingerprint density at radius 3 is 2.26 bits per heavy atom. The summed E-state index contributed by atoms with van der Waals surface area (Å²) in [7, 11) is 0. The number of amides is 2. The zero-order valence-electron chi connectivity index (χ0n) is 15.5. The van der Waals surface area contributed by atoms with Gasteiger partial charge >= 0.3 is 0 Å². The van der Waals surface area contributed by atoms with Crippen LogP contribution in [0.4, 0.5) is 11.4 Å². The Kier molecular flexibility index (Phi) is 6.88. The molecule has 2 amide bonds. The molecule has 0 saturated heterocycles. The molecule has 2 aromatic carbocycles. The molecule has 0 atom stereocenters. The maximum Gasteiger partial charge on any atom is 0.251 e. The summed E-state index contributed by atoms with van der Waals surface area (Å²) in [6.45, 7) is 5.36. The second-order valence-electron chi connectivity index (χ2n) is 5.83. The molecule has 0 aliphatic carbocycles. The van der Waals surface area contributed by atoms with Gasteiger partial charge in [0.1, 0.15) is 5.75 Å². The van der Waals surface area contributed by atoms with E-state index in [9.17, 15) is 14.4 Å². The van der Waals surface area contributed by atoms with Crippen LogP contribution in [0.1, 0.15) is 31.1 Å². The lowest BCUT2D eigenvalue weighted by Crippen LogP contribution is -2.16. The lowest BCUT2D eigenvalue weighted by Gasteiger charge is -2.10. The molecule has 27 heavy (non-hydrogen) atoms. The van der Waals surface area contributed by atoms with Crippen LogP contribution in [0.5, 0.6) is 5.75 Å². The molecule has 0 aliphatic heterocycles. The Hall–Kier alpha value is -3.41. The smallest absolute Gasteiger partial charge is 0.251 e. The van der Waals surface area contributed by atoms with E-state index in [4.69, 9.17) is 4.74 Å². The van der Waals surface area contributed by atoms with Crippen LogP contribution in [0.15, 0.2) is 60.2 Å². The molecule has 0 aromatic heterocycles. The summed E-state index contributed by atoms with van der Waals surface area (Å²) in [5.41, 5.74) is 1.89. The highest BCUT2D eigenvalue weighted by Gasteiger charge is 2.10. The summed E-state index contributed by atoms with van der Waals surface area (Å²) in [5, 5.41) is 5.39. The summed E-state index contributed by atoms with van der Waals surface area (Å²) in [5.74, 6) is -0.317. The molecule has 0 heterocycles. The van der Waals surface area contributed by atoms with E-state index in [1.54, 1.807) is 49.4 Å². The number of nitrogens with one attached hydrogen (secondary N) is 2. The van der Waals surface area contributed by atoms with Crippen molar-refractivity contribution in [2.24, 2.45) is 0 Å². The van der Waals surface area contributed by atoms with E-state index >= 15 is 0 Å². The highest BCUT2D eigenvalue weighted by atomic mass is 16.5. The van der Waals surface area contributed by atoms with Gasteiger partial charge in [-0.1, -0.05) is 12.1 Å². The number of ether oxygens (including phenoxy) is 1. The molecule has 0 unspecified atom stereocenters. The summed E-state index contributed by atoms with van der Waals surface area (Å²) in [4.78, 5) is 35.7. The van der Waals surface area contributed by atoms with Crippen molar-refractivity contribution < 1.29 is 19.1 Å². The highest BCUT2D eigenvalue weighted by Crippen LogP contribution is 2.23. The van der Waals surface area contributed by atoms with Gasteiger partial charge < -0.3 is 15.4 Å². The molecule has 0 aliphatic rings. The van der Waals surface area contributed by atoms with Gasteiger partial charge in [0.25, 0.3) is 5.91 Å². The molecule has 2 aromatic rings.